The molecular formula is C19H33NO4. The van der Waals surface area contributed by atoms with E-state index in [2.05, 4.69) is 18.2 Å². The highest BCUT2D eigenvalue weighted by molar-refractivity contribution is 5.81. The van der Waals surface area contributed by atoms with Crippen molar-refractivity contribution in [3.63, 3.8) is 0 Å². The van der Waals surface area contributed by atoms with Crippen LogP contribution in [0.5, 0.6) is 0 Å². The van der Waals surface area contributed by atoms with E-state index in [0.717, 1.165) is 12.8 Å². The molecule has 1 amide bonds. The van der Waals surface area contributed by atoms with Crippen molar-refractivity contribution in [2.45, 2.75) is 78.2 Å². The minimum absolute atomic E-state index is 0.0885. The Kier molecular flexibility index (Phi) is 13.8. The number of carbonyl (C=O) groups is 2. The van der Waals surface area contributed by atoms with Crippen molar-refractivity contribution < 1.29 is 19.1 Å². The van der Waals surface area contributed by atoms with Gasteiger partial charge in [0.15, 0.2) is 6.61 Å². The Morgan fingerprint density at radius 1 is 1.00 bits per heavy atom. The highest BCUT2D eigenvalue weighted by Gasteiger charge is 2.26. The molecule has 138 valence electrons. The second-order valence-corrected chi connectivity index (χ2v) is 6.29. The van der Waals surface area contributed by atoms with Crippen LogP contribution in [0.4, 0.5) is 4.79 Å². The number of rotatable bonds is 13. The third-order valence-electron chi connectivity index (χ3n) is 3.72. The first kappa shape index (κ1) is 22.3. The number of hydrogen-bond donors (Lipinski definition) is 1. The number of alkyl carbamates (subject to hydrolysis) is 1. The SMILES string of the molecule is C#CCOC(=O)NC(C(=O)OCCCCCCCCCC)C(C)C. The fourth-order valence-corrected chi connectivity index (χ4v) is 2.27. The van der Waals surface area contributed by atoms with Gasteiger partial charge in [0.25, 0.3) is 0 Å². The molecule has 5 heteroatoms. The van der Waals surface area contributed by atoms with E-state index in [1.807, 2.05) is 13.8 Å². The van der Waals surface area contributed by atoms with Crippen molar-refractivity contribution in [2.24, 2.45) is 5.92 Å². The second kappa shape index (κ2) is 14.9. The van der Waals surface area contributed by atoms with Gasteiger partial charge in [-0.25, -0.2) is 9.59 Å². The lowest BCUT2D eigenvalue weighted by molar-refractivity contribution is -0.147. The van der Waals surface area contributed by atoms with Crippen molar-refractivity contribution in [3.8, 4) is 12.3 Å². The molecule has 24 heavy (non-hydrogen) atoms. The summed E-state index contributed by atoms with van der Waals surface area (Å²) in [7, 11) is 0. The first-order valence-corrected chi connectivity index (χ1v) is 9.06. The molecule has 0 aromatic heterocycles. The number of hydrogen-bond acceptors (Lipinski definition) is 4. The zero-order valence-electron chi connectivity index (χ0n) is 15.4. The van der Waals surface area contributed by atoms with Crippen LogP contribution in [0.15, 0.2) is 0 Å². The monoisotopic (exact) mass is 339 g/mol. The molecule has 0 spiro atoms. The number of esters is 1. The summed E-state index contributed by atoms with van der Waals surface area (Å²) in [6.45, 7) is 6.15. The highest BCUT2D eigenvalue weighted by Crippen LogP contribution is 2.09. The molecule has 0 aliphatic heterocycles. The minimum Gasteiger partial charge on any atom is -0.464 e. The zero-order valence-corrected chi connectivity index (χ0v) is 15.4. The fourth-order valence-electron chi connectivity index (χ4n) is 2.27. The molecule has 1 N–H and O–H groups in total. The summed E-state index contributed by atoms with van der Waals surface area (Å²) in [6, 6.07) is -0.718. The van der Waals surface area contributed by atoms with Crippen LogP contribution in [0.2, 0.25) is 0 Å². The second-order valence-electron chi connectivity index (χ2n) is 6.29. The van der Waals surface area contributed by atoms with E-state index >= 15 is 0 Å². The van der Waals surface area contributed by atoms with Gasteiger partial charge in [0.05, 0.1) is 6.61 Å². The Morgan fingerprint density at radius 2 is 1.58 bits per heavy atom. The molecule has 0 saturated heterocycles. The van der Waals surface area contributed by atoms with Gasteiger partial charge in [0.1, 0.15) is 6.04 Å². The average molecular weight is 339 g/mol. The largest absolute Gasteiger partial charge is 0.464 e. The van der Waals surface area contributed by atoms with Crippen molar-refractivity contribution >= 4 is 12.1 Å². The van der Waals surface area contributed by atoms with Gasteiger partial charge in [-0.1, -0.05) is 71.6 Å². The lowest BCUT2D eigenvalue weighted by Gasteiger charge is -2.20. The van der Waals surface area contributed by atoms with Gasteiger partial charge in [-0.2, -0.15) is 0 Å². The van der Waals surface area contributed by atoms with Gasteiger partial charge in [-0.05, 0) is 12.3 Å². The molecule has 0 aliphatic rings. The predicted molar refractivity (Wildman–Crippen MR) is 95.5 cm³/mol. The number of carbonyl (C=O) groups excluding carboxylic acids is 2. The Balaban J connectivity index is 3.88. The van der Waals surface area contributed by atoms with Crippen LogP contribution in [-0.4, -0.2) is 31.3 Å². The molecule has 0 rings (SSSR count). The van der Waals surface area contributed by atoms with Gasteiger partial charge >= 0.3 is 12.1 Å². The quantitative estimate of drug-likeness (QED) is 0.312. The average Bonchev–Trinajstić information content (AvgIpc) is 2.55. The molecule has 1 atom stereocenters. The minimum atomic E-state index is -0.718. The zero-order chi connectivity index (χ0) is 18.2. The molecule has 1 unspecified atom stereocenters. The molecule has 0 aliphatic carbocycles. The highest BCUT2D eigenvalue weighted by atomic mass is 16.6. The van der Waals surface area contributed by atoms with Crippen LogP contribution in [0, 0.1) is 18.3 Å². The third kappa shape index (κ3) is 11.8. The van der Waals surface area contributed by atoms with Gasteiger partial charge in [0.2, 0.25) is 0 Å². The Morgan fingerprint density at radius 3 is 2.12 bits per heavy atom. The van der Waals surface area contributed by atoms with E-state index in [0.29, 0.717) is 6.61 Å². The van der Waals surface area contributed by atoms with E-state index in [-0.39, 0.29) is 12.5 Å². The van der Waals surface area contributed by atoms with Crippen molar-refractivity contribution in [1.29, 1.82) is 0 Å². The summed E-state index contributed by atoms with van der Waals surface area (Å²) in [4.78, 5) is 23.6. The van der Waals surface area contributed by atoms with Gasteiger partial charge in [0, 0.05) is 0 Å². The maximum atomic E-state index is 12.1. The third-order valence-corrected chi connectivity index (χ3v) is 3.72. The summed E-state index contributed by atoms with van der Waals surface area (Å²) in [5, 5.41) is 2.50. The summed E-state index contributed by atoms with van der Waals surface area (Å²) >= 11 is 0. The molecule has 0 saturated carbocycles. The van der Waals surface area contributed by atoms with Gasteiger partial charge < -0.3 is 14.8 Å². The summed E-state index contributed by atoms with van der Waals surface area (Å²) in [6.07, 6.45) is 13.8. The van der Waals surface area contributed by atoms with Crippen LogP contribution >= 0.6 is 0 Å². The topological polar surface area (TPSA) is 64.6 Å². The predicted octanol–water partition coefficient (Wildman–Crippen LogP) is 4.05. The first-order chi connectivity index (χ1) is 11.5. The Hall–Kier alpha value is -1.70. The van der Waals surface area contributed by atoms with Crippen LogP contribution in [0.3, 0.4) is 0 Å². The maximum Gasteiger partial charge on any atom is 0.408 e. The lowest BCUT2D eigenvalue weighted by atomic mass is 10.1. The fraction of sp³-hybridized carbons (Fsp3) is 0.789. The van der Waals surface area contributed by atoms with E-state index < -0.39 is 18.1 Å². The van der Waals surface area contributed by atoms with Crippen molar-refractivity contribution in [2.75, 3.05) is 13.2 Å². The first-order valence-electron chi connectivity index (χ1n) is 9.06. The van der Waals surface area contributed by atoms with Gasteiger partial charge in [-0.15, -0.1) is 6.42 Å². The van der Waals surface area contributed by atoms with E-state index in [4.69, 9.17) is 15.9 Å². The summed E-state index contributed by atoms with van der Waals surface area (Å²) < 4.78 is 9.99. The number of unbranched alkanes of at least 4 members (excludes halogenated alkanes) is 7. The molecule has 0 heterocycles. The van der Waals surface area contributed by atoms with Gasteiger partial charge in [-0.3, -0.25) is 0 Å². The Labute approximate surface area is 146 Å². The normalized spacial score (nSPS) is 11.6. The van der Waals surface area contributed by atoms with E-state index in [1.165, 1.54) is 38.5 Å². The standard InChI is InChI=1S/C19H33NO4/c1-5-7-8-9-10-11-12-13-15-23-18(21)17(16(3)4)20-19(22)24-14-6-2/h2,16-17H,5,7-15H2,1,3-4H3,(H,20,22). The Bertz CT molecular complexity index is 387. The molecule has 0 fully saturated rings. The summed E-state index contributed by atoms with van der Waals surface area (Å²) in [5.41, 5.74) is 0. The van der Waals surface area contributed by atoms with Crippen LogP contribution in [-0.2, 0) is 14.3 Å². The number of terminal acetylenes is 1. The molecular weight excluding hydrogens is 306 g/mol. The van der Waals surface area contributed by atoms with Crippen LogP contribution in [0.25, 0.3) is 0 Å². The molecule has 0 aromatic carbocycles. The van der Waals surface area contributed by atoms with E-state index in [9.17, 15) is 9.59 Å². The molecule has 0 radical (unpaired) electrons. The lowest BCUT2D eigenvalue weighted by Crippen LogP contribution is -2.45. The van der Waals surface area contributed by atoms with Crippen LogP contribution < -0.4 is 5.32 Å². The number of ether oxygens (including phenoxy) is 2. The number of nitrogens with one attached hydrogen (secondary N) is 1. The molecule has 0 bridgehead atoms. The smallest absolute Gasteiger partial charge is 0.408 e. The summed E-state index contributed by atoms with van der Waals surface area (Å²) in [5.74, 6) is 1.69. The van der Waals surface area contributed by atoms with Crippen molar-refractivity contribution in [1.82, 2.24) is 5.32 Å². The molecule has 5 nitrogen and oxygen atoms in total. The number of amides is 1. The van der Waals surface area contributed by atoms with E-state index in [1.54, 1.807) is 0 Å². The maximum absolute atomic E-state index is 12.1. The molecule has 0 aromatic rings. The van der Waals surface area contributed by atoms with Crippen LogP contribution in [0.1, 0.15) is 72.1 Å². The van der Waals surface area contributed by atoms with Crippen molar-refractivity contribution in [3.05, 3.63) is 0 Å².